The number of nitrogens with zero attached hydrogens (tertiary/aromatic N) is 5. The van der Waals surface area contributed by atoms with Gasteiger partial charge in [-0.15, -0.1) is 11.8 Å². The summed E-state index contributed by atoms with van der Waals surface area (Å²) in [6.45, 7) is 4.91. The van der Waals surface area contributed by atoms with Gasteiger partial charge in [-0.05, 0) is 30.5 Å². The fourth-order valence-corrected chi connectivity index (χ4v) is 3.62. The second-order valence-electron chi connectivity index (χ2n) is 5.62. The van der Waals surface area contributed by atoms with Crippen LogP contribution in [0.5, 0.6) is 0 Å². The van der Waals surface area contributed by atoms with Gasteiger partial charge in [0, 0.05) is 30.3 Å². The molecule has 3 aromatic heterocycles. The highest BCUT2D eigenvalue weighted by molar-refractivity contribution is 7.99. The summed E-state index contributed by atoms with van der Waals surface area (Å²) in [7, 11) is 0. The van der Waals surface area contributed by atoms with E-state index in [2.05, 4.69) is 40.3 Å². The lowest BCUT2D eigenvalue weighted by Gasteiger charge is -2.16. The Hall–Kier alpha value is -2.59. The van der Waals surface area contributed by atoms with Gasteiger partial charge in [-0.1, -0.05) is 13.8 Å². The maximum Gasteiger partial charge on any atom is 0.158 e. The summed E-state index contributed by atoms with van der Waals surface area (Å²) in [5.74, 6) is 0.683. The number of pyridine rings is 1. The number of hydrogen-bond donors (Lipinski definition) is 1. The second-order valence-corrected chi connectivity index (χ2v) is 6.91. The predicted molar refractivity (Wildman–Crippen MR) is 99.5 cm³/mol. The lowest BCUT2D eigenvalue weighted by atomic mass is 10.2. The molecule has 0 aliphatic carbocycles. The molecule has 0 atom stereocenters. The van der Waals surface area contributed by atoms with Gasteiger partial charge in [0.15, 0.2) is 11.5 Å². The molecule has 25 heavy (non-hydrogen) atoms. The van der Waals surface area contributed by atoms with Crippen LogP contribution in [0.15, 0.2) is 41.8 Å². The molecule has 128 valence electrons. The van der Waals surface area contributed by atoms with Gasteiger partial charge in [0.05, 0.1) is 6.20 Å². The van der Waals surface area contributed by atoms with Crippen LogP contribution in [-0.2, 0) is 6.54 Å². The van der Waals surface area contributed by atoms with Gasteiger partial charge in [0.25, 0.3) is 0 Å². The van der Waals surface area contributed by atoms with E-state index in [0.29, 0.717) is 23.2 Å². The van der Waals surface area contributed by atoms with E-state index in [1.165, 1.54) is 0 Å². The number of anilines is 1. The van der Waals surface area contributed by atoms with E-state index in [1.54, 1.807) is 34.9 Å². The van der Waals surface area contributed by atoms with Crippen molar-refractivity contribution >= 4 is 23.2 Å². The highest BCUT2D eigenvalue weighted by Crippen LogP contribution is 2.32. The number of nitriles is 1. The van der Waals surface area contributed by atoms with Gasteiger partial charge in [-0.2, -0.15) is 14.9 Å². The molecule has 0 aromatic carbocycles. The Balaban J connectivity index is 1.99. The number of nitrogens with one attached hydrogen (secondary N) is 1. The van der Waals surface area contributed by atoms with Gasteiger partial charge in [-0.25, -0.2) is 4.98 Å². The Morgan fingerprint density at radius 3 is 2.64 bits per heavy atom. The summed E-state index contributed by atoms with van der Waals surface area (Å²) in [4.78, 5) is 8.68. The van der Waals surface area contributed by atoms with Crippen molar-refractivity contribution in [1.29, 1.82) is 5.26 Å². The predicted octanol–water partition coefficient (Wildman–Crippen LogP) is 3.89. The third kappa shape index (κ3) is 3.74. The van der Waals surface area contributed by atoms with Crippen LogP contribution < -0.4 is 5.32 Å². The average molecular weight is 352 g/mol. The topological polar surface area (TPSA) is 78.9 Å². The van der Waals surface area contributed by atoms with E-state index >= 15 is 0 Å². The Labute approximate surface area is 151 Å². The first-order valence-corrected chi connectivity index (χ1v) is 9.22. The Bertz CT molecular complexity index is 880. The SMILES string of the molecule is CCC(CC)Sc1nc2ccnn2c(NCc2ccncc2)c1C#N. The molecule has 0 saturated heterocycles. The van der Waals surface area contributed by atoms with Crippen LogP contribution in [0.25, 0.3) is 5.65 Å². The molecule has 3 aromatic rings. The third-order valence-electron chi connectivity index (χ3n) is 4.01. The smallest absolute Gasteiger partial charge is 0.158 e. The van der Waals surface area contributed by atoms with E-state index in [1.807, 2.05) is 18.2 Å². The van der Waals surface area contributed by atoms with E-state index in [4.69, 9.17) is 0 Å². The number of rotatable bonds is 7. The van der Waals surface area contributed by atoms with Crippen LogP contribution >= 0.6 is 11.8 Å². The summed E-state index contributed by atoms with van der Waals surface area (Å²) in [5, 5.41) is 18.6. The van der Waals surface area contributed by atoms with Crippen molar-refractivity contribution in [3.05, 3.63) is 47.9 Å². The first-order valence-electron chi connectivity index (χ1n) is 8.34. The van der Waals surface area contributed by atoms with Crippen molar-refractivity contribution in [2.24, 2.45) is 0 Å². The van der Waals surface area contributed by atoms with Gasteiger partial charge in [0.2, 0.25) is 0 Å². The van der Waals surface area contributed by atoms with Gasteiger partial charge < -0.3 is 5.32 Å². The normalized spacial score (nSPS) is 11.0. The lowest BCUT2D eigenvalue weighted by Crippen LogP contribution is -2.11. The molecule has 7 heteroatoms. The number of hydrogen-bond acceptors (Lipinski definition) is 6. The summed E-state index contributed by atoms with van der Waals surface area (Å²) < 4.78 is 1.69. The first-order chi connectivity index (χ1) is 12.3. The van der Waals surface area contributed by atoms with Crippen LogP contribution in [0, 0.1) is 11.3 Å². The zero-order valence-corrected chi connectivity index (χ0v) is 15.1. The molecule has 0 unspecified atom stereocenters. The minimum Gasteiger partial charge on any atom is -0.365 e. The lowest BCUT2D eigenvalue weighted by molar-refractivity contribution is 0.788. The molecule has 0 bridgehead atoms. The molecular formula is C18H20N6S. The Morgan fingerprint density at radius 1 is 1.20 bits per heavy atom. The fraction of sp³-hybridized carbons (Fsp3) is 0.333. The van der Waals surface area contributed by atoms with Gasteiger partial charge in [-0.3, -0.25) is 4.98 Å². The van der Waals surface area contributed by atoms with Crippen molar-refractivity contribution < 1.29 is 0 Å². The quantitative estimate of drug-likeness (QED) is 0.513. The van der Waals surface area contributed by atoms with Crippen LogP contribution in [-0.4, -0.2) is 24.8 Å². The van der Waals surface area contributed by atoms with Crippen LogP contribution in [0.1, 0.15) is 37.8 Å². The number of aromatic nitrogens is 4. The van der Waals surface area contributed by atoms with Crippen molar-refractivity contribution in [2.75, 3.05) is 5.32 Å². The van der Waals surface area contributed by atoms with Crippen LogP contribution in [0.2, 0.25) is 0 Å². The summed E-state index contributed by atoms with van der Waals surface area (Å²) in [6.07, 6.45) is 7.29. The Kier molecular flexibility index (Phi) is 5.51. The summed E-state index contributed by atoms with van der Waals surface area (Å²) >= 11 is 1.67. The number of thioether (sulfide) groups is 1. The zero-order valence-electron chi connectivity index (χ0n) is 14.3. The maximum atomic E-state index is 9.76. The highest BCUT2D eigenvalue weighted by Gasteiger charge is 2.18. The molecule has 3 heterocycles. The monoisotopic (exact) mass is 352 g/mol. The van der Waals surface area contributed by atoms with Crippen molar-refractivity contribution in [1.82, 2.24) is 19.6 Å². The standard InChI is InChI=1S/C18H20N6S/c1-3-14(4-2)25-18-15(11-19)17(24-16(23-18)7-10-22-24)21-12-13-5-8-20-9-6-13/h5-10,14,21H,3-4,12H2,1-2H3. The van der Waals surface area contributed by atoms with E-state index in [-0.39, 0.29) is 0 Å². The number of fused-ring (bicyclic) bond motifs is 1. The Morgan fingerprint density at radius 2 is 1.96 bits per heavy atom. The van der Waals surface area contributed by atoms with E-state index in [0.717, 1.165) is 29.1 Å². The molecule has 0 radical (unpaired) electrons. The molecule has 0 amide bonds. The minimum atomic E-state index is 0.443. The minimum absolute atomic E-state index is 0.443. The second kappa shape index (κ2) is 7.99. The molecule has 0 saturated carbocycles. The molecule has 1 N–H and O–H groups in total. The molecule has 0 aliphatic heterocycles. The molecule has 0 fully saturated rings. The maximum absolute atomic E-state index is 9.76. The highest BCUT2D eigenvalue weighted by atomic mass is 32.2. The molecule has 6 nitrogen and oxygen atoms in total. The van der Waals surface area contributed by atoms with Crippen LogP contribution in [0.4, 0.5) is 5.82 Å². The zero-order chi connectivity index (χ0) is 17.6. The van der Waals surface area contributed by atoms with Crippen molar-refractivity contribution in [2.45, 2.75) is 43.5 Å². The molecule has 0 aliphatic rings. The van der Waals surface area contributed by atoms with Crippen LogP contribution in [0.3, 0.4) is 0 Å². The first kappa shape index (κ1) is 17.2. The van der Waals surface area contributed by atoms with Crippen molar-refractivity contribution in [3.8, 4) is 6.07 Å². The molecule has 0 spiro atoms. The molecule has 3 rings (SSSR count). The molecular weight excluding hydrogens is 332 g/mol. The van der Waals surface area contributed by atoms with Crippen molar-refractivity contribution in [3.63, 3.8) is 0 Å². The fourth-order valence-electron chi connectivity index (χ4n) is 2.57. The average Bonchev–Trinajstić information content (AvgIpc) is 3.12. The van der Waals surface area contributed by atoms with Gasteiger partial charge in [0.1, 0.15) is 16.7 Å². The largest absolute Gasteiger partial charge is 0.365 e. The summed E-state index contributed by atoms with van der Waals surface area (Å²) in [5.41, 5.74) is 2.37. The third-order valence-corrected chi connectivity index (χ3v) is 5.53. The van der Waals surface area contributed by atoms with E-state index in [9.17, 15) is 5.26 Å². The van der Waals surface area contributed by atoms with E-state index < -0.39 is 0 Å². The van der Waals surface area contributed by atoms with Gasteiger partial charge >= 0.3 is 0 Å². The summed E-state index contributed by atoms with van der Waals surface area (Å²) in [6, 6.07) is 8.06.